The lowest BCUT2D eigenvalue weighted by atomic mass is 10.1. The minimum atomic E-state index is 0.169. The van der Waals surface area contributed by atoms with Gasteiger partial charge >= 0.3 is 0 Å². The lowest BCUT2D eigenvalue weighted by molar-refractivity contribution is 0.0711. The van der Waals surface area contributed by atoms with Crippen molar-refractivity contribution >= 4 is 0 Å². The molecule has 2 aliphatic carbocycles. The average Bonchev–Trinajstić information content (AvgIpc) is 3.52. The fraction of sp³-hybridized carbons (Fsp3) is 0.706. The van der Waals surface area contributed by atoms with Crippen molar-refractivity contribution in [2.75, 3.05) is 26.7 Å². The molecule has 7 nitrogen and oxygen atoms in total. The van der Waals surface area contributed by atoms with Gasteiger partial charge in [0.15, 0.2) is 5.82 Å². The molecular formula is C17H23N5O2. The molecular weight excluding hydrogens is 306 g/mol. The van der Waals surface area contributed by atoms with Gasteiger partial charge in [0.05, 0.1) is 6.20 Å². The number of hydrogen-bond acceptors (Lipinski definition) is 7. The molecule has 2 aromatic heterocycles. The first kappa shape index (κ1) is 14.6. The molecule has 7 heteroatoms. The van der Waals surface area contributed by atoms with Gasteiger partial charge < -0.3 is 9.05 Å². The Labute approximate surface area is 141 Å². The smallest absolute Gasteiger partial charge is 0.245 e. The highest BCUT2D eigenvalue weighted by molar-refractivity contribution is 5.21. The number of likely N-dealkylation sites (N-methyl/N-ethyl adjacent to an activating group) is 1. The summed E-state index contributed by atoms with van der Waals surface area (Å²) in [6, 6.07) is 0.169. The van der Waals surface area contributed by atoms with Crippen molar-refractivity contribution in [2.45, 2.75) is 50.1 Å². The Morgan fingerprint density at radius 1 is 1.12 bits per heavy atom. The van der Waals surface area contributed by atoms with Crippen LogP contribution in [0.2, 0.25) is 0 Å². The molecule has 24 heavy (non-hydrogen) atoms. The Morgan fingerprint density at radius 2 is 1.96 bits per heavy atom. The predicted octanol–water partition coefficient (Wildman–Crippen LogP) is 2.30. The van der Waals surface area contributed by atoms with E-state index in [1.54, 1.807) is 0 Å². The average molecular weight is 329 g/mol. The van der Waals surface area contributed by atoms with Crippen LogP contribution >= 0.6 is 0 Å². The minimum Gasteiger partial charge on any atom is -0.361 e. The number of piperazine rings is 1. The van der Waals surface area contributed by atoms with Crippen molar-refractivity contribution in [3.63, 3.8) is 0 Å². The lowest BCUT2D eigenvalue weighted by Gasteiger charge is -2.37. The number of nitrogens with zero attached hydrogens (tertiary/aromatic N) is 5. The van der Waals surface area contributed by atoms with Gasteiger partial charge in [0.1, 0.15) is 11.8 Å². The molecule has 1 unspecified atom stereocenters. The number of hydrogen-bond donors (Lipinski definition) is 0. The molecule has 128 valence electrons. The number of aromatic nitrogens is 3. The molecule has 2 aromatic rings. The molecule has 0 radical (unpaired) electrons. The third-order valence-electron chi connectivity index (χ3n) is 5.44. The summed E-state index contributed by atoms with van der Waals surface area (Å²) >= 11 is 0. The zero-order valence-electron chi connectivity index (χ0n) is 14.0. The Balaban J connectivity index is 1.30. The summed E-state index contributed by atoms with van der Waals surface area (Å²) in [4.78, 5) is 9.42. The second-order valence-electron chi connectivity index (χ2n) is 7.49. The highest BCUT2D eigenvalue weighted by atomic mass is 16.5. The van der Waals surface area contributed by atoms with Gasteiger partial charge in [0.2, 0.25) is 5.89 Å². The largest absolute Gasteiger partial charge is 0.361 e. The second kappa shape index (κ2) is 5.67. The molecule has 3 fully saturated rings. The van der Waals surface area contributed by atoms with Gasteiger partial charge in [-0.2, -0.15) is 4.98 Å². The van der Waals surface area contributed by atoms with Gasteiger partial charge in [-0.05, 0) is 32.7 Å². The van der Waals surface area contributed by atoms with Crippen LogP contribution in [-0.2, 0) is 6.54 Å². The van der Waals surface area contributed by atoms with Crippen LogP contribution in [-0.4, -0.2) is 51.8 Å². The van der Waals surface area contributed by atoms with E-state index in [1.807, 2.05) is 6.20 Å². The molecule has 3 heterocycles. The summed E-state index contributed by atoms with van der Waals surface area (Å²) < 4.78 is 11.0. The second-order valence-corrected chi connectivity index (χ2v) is 7.49. The topological polar surface area (TPSA) is 71.4 Å². The molecule has 1 saturated heterocycles. The molecule has 0 spiro atoms. The van der Waals surface area contributed by atoms with E-state index in [-0.39, 0.29) is 6.04 Å². The van der Waals surface area contributed by atoms with Crippen LogP contribution in [0, 0.1) is 0 Å². The molecule has 3 aliphatic rings. The quantitative estimate of drug-likeness (QED) is 0.833. The monoisotopic (exact) mass is 329 g/mol. The Hall–Kier alpha value is -1.73. The Morgan fingerprint density at radius 3 is 2.75 bits per heavy atom. The molecule has 5 rings (SSSR count). The van der Waals surface area contributed by atoms with Gasteiger partial charge in [0, 0.05) is 43.6 Å². The molecule has 1 aliphatic heterocycles. The summed E-state index contributed by atoms with van der Waals surface area (Å²) in [7, 11) is 2.14. The first-order chi connectivity index (χ1) is 11.8. The Bertz CT molecular complexity index is 718. The maximum absolute atomic E-state index is 5.57. The van der Waals surface area contributed by atoms with E-state index in [2.05, 4.69) is 32.1 Å². The highest BCUT2D eigenvalue weighted by Gasteiger charge is 2.35. The van der Waals surface area contributed by atoms with Gasteiger partial charge in [0.25, 0.3) is 0 Å². The van der Waals surface area contributed by atoms with E-state index in [0.29, 0.717) is 11.8 Å². The van der Waals surface area contributed by atoms with Crippen molar-refractivity contribution in [1.29, 1.82) is 0 Å². The highest BCUT2D eigenvalue weighted by Crippen LogP contribution is 2.42. The van der Waals surface area contributed by atoms with Gasteiger partial charge in [-0.3, -0.25) is 9.80 Å². The number of rotatable bonds is 5. The summed E-state index contributed by atoms with van der Waals surface area (Å²) in [5, 5.41) is 8.20. The van der Waals surface area contributed by atoms with Crippen LogP contribution in [0.15, 0.2) is 15.2 Å². The van der Waals surface area contributed by atoms with Crippen molar-refractivity contribution in [3.05, 3.63) is 29.2 Å². The molecule has 0 amide bonds. The van der Waals surface area contributed by atoms with Crippen LogP contribution in [0.4, 0.5) is 0 Å². The van der Waals surface area contributed by atoms with E-state index in [1.165, 1.54) is 31.2 Å². The summed E-state index contributed by atoms with van der Waals surface area (Å²) in [6.45, 7) is 3.82. The first-order valence-electron chi connectivity index (χ1n) is 8.97. The van der Waals surface area contributed by atoms with Crippen LogP contribution in [0.5, 0.6) is 0 Å². The predicted molar refractivity (Wildman–Crippen MR) is 85.4 cm³/mol. The van der Waals surface area contributed by atoms with Crippen molar-refractivity contribution < 1.29 is 9.05 Å². The third-order valence-corrected chi connectivity index (χ3v) is 5.44. The zero-order chi connectivity index (χ0) is 16.1. The third kappa shape index (κ3) is 2.75. The van der Waals surface area contributed by atoms with E-state index in [0.717, 1.165) is 43.7 Å². The normalized spacial score (nSPS) is 26.1. The van der Waals surface area contributed by atoms with Gasteiger partial charge in [-0.15, -0.1) is 0 Å². The fourth-order valence-corrected chi connectivity index (χ4v) is 3.54. The zero-order valence-corrected chi connectivity index (χ0v) is 14.0. The van der Waals surface area contributed by atoms with E-state index in [9.17, 15) is 0 Å². The molecule has 0 aromatic carbocycles. The molecule has 2 saturated carbocycles. The maximum atomic E-state index is 5.57. The molecule has 0 N–H and O–H groups in total. The maximum Gasteiger partial charge on any atom is 0.245 e. The first-order valence-corrected chi connectivity index (χ1v) is 8.97. The molecule has 1 atom stereocenters. The van der Waals surface area contributed by atoms with Crippen LogP contribution in [0.25, 0.3) is 0 Å². The standard InChI is InChI=1S/C17H23N5O2/c1-21-6-7-22(9-13-8-18-23-15(13)11-2-3-11)10-14(21)17-19-16(20-24-17)12-4-5-12/h8,11-12,14H,2-7,9-10H2,1H3. The summed E-state index contributed by atoms with van der Waals surface area (Å²) in [6.07, 6.45) is 6.75. The van der Waals surface area contributed by atoms with Crippen LogP contribution in [0.1, 0.15) is 66.6 Å². The summed E-state index contributed by atoms with van der Waals surface area (Å²) in [5.41, 5.74) is 1.24. The van der Waals surface area contributed by atoms with Crippen molar-refractivity contribution in [1.82, 2.24) is 25.1 Å². The van der Waals surface area contributed by atoms with E-state index >= 15 is 0 Å². The van der Waals surface area contributed by atoms with E-state index in [4.69, 9.17) is 9.05 Å². The van der Waals surface area contributed by atoms with E-state index < -0.39 is 0 Å². The molecule has 0 bridgehead atoms. The van der Waals surface area contributed by atoms with Gasteiger partial charge in [-0.25, -0.2) is 0 Å². The minimum absolute atomic E-state index is 0.169. The lowest BCUT2D eigenvalue weighted by Crippen LogP contribution is -2.46. The van der Waals surface area contributed by atoms with Crippen molar-refractivity contribution in [2.24, 2.45) is 0 Å². The SMILES string of the molecule is CN1CCN(Cc2cnoc2C2CC2)CC1c1nc(C2CC2)no1. The van der Waals surface area contributed by atoms with Gasteiger partial charge in [-0.1, -0.05) is 10.3 Å². The summed E-state index contributed by atoms with van der Waals surface area (Å²) in [5.74, 6) is 3.88. The van der Waals surface area contributed by atoms with Crippen molar-refractivity contribution in [3.8, 4) is 0 Å². The fourth-order valence-electron chi connectivity index (χ4n) is 3.54. The van der Waals surface area contributed by atoms with Crippen LogP contribution in [0.3, 0.4) is 0 Å². The Kier molecular flexibility index (Phi) is 3.45. The van der Waals surface area contributed by atoms with Crippen LogP contribution < -0.4 is 0 Å².